The van der Waals surface area contributed by atoms with Crippen LogP contribution in [0.25, 0.3) is 0 Å². The zero-order chi connectivity index (χ0) is 15.0. The highest BCUT2D eigenvalue weighted by Crippen LogP contribution is 2.29. The van der Waals surface area contributed by atoms with Crippen molar-refractivity contribution in [3.05, 3.63) is 0 Å². The summed E-state index contributed by atoms with van der Waals surface area (Å²) in [5, 5.41) is 3.64. The number of likely N-dealkylation sites (tertiary alicyclic amines) is 1. The highest BCUT2D eigenvalue weighted by molar-refractivity contribution is 4.87. The molecule has 0 spiro atoms. The van der Waals surface area contributed by atoms with Gasteiger partial charge in [0.2, 0.25) is 0 Å². The van der Waals surface area contributed by atoms with Crippen molar-refractivity contribution in [1.29, 1.82) is 0 Å². The van der Waals surface area contributed by atoms with E-state index in [0.29, 0.717) is 17.4 Å². The lowest BCUT2D eigenvalue weighted by atomic mass is 9.80. The van der Waals surface area contributed by atoms with Crippen molar-refractivity contribution in [2.45, 2.75) is 59.5 Å². The molecule has 3 nitrogen and oxygen atoms in total. The van der Waals surface area contributed by atoms with Crippen LogP contribution in [0.2, 0.25) is 0 Å². The summed E-state index contributed by atoms with van der Waals surface area (Å²) in [4.78, 5) is 2.63. The summed E-state index contributed by atoms with van der Waals surface area (Å²) in [7, 11) is 1.86. The fraction of sp³-hybridized carbons (Fsp3) is 1.00. The van der Waals surface area contributed by atoms with Gasteiger partial charge in [0, 0.05) is 26.7 Å². The minimum absolute atomic E-state index is 0.416. The molecule has 0 saturated carbocycles. The van der Waals surface area contributed by atoms with Gasteiger partial charge in [-0.2, -0.15) is 0 Å². The predicted octanol–water partition coefficient (Wildman–Crippen LogP) is 3.15. The molecule has 0 bridgehead atoms. The molecule has 0 aromatic carbocycles. The fourth-order valence-electron chi connectivity index (χ4n) is 3.33. The third-order valence-corrected chi connectivity index (χ3v) is 5.26. The minimum atomic E-state index is 0.416. The molecule has 3 heteroatoms. The van der Waals surface area contributed by atoms with Gasteiger partial charge >= 0.3 is 0 Å². The van der Waals surface area contributed by atoms with Crippen molar-refractivity contribution in [1.82, 2.24) is 10.2 Å². The van der Waals surface area contributed by atoms with Gasteiger partial charge in [-0.25, -0.2) is 0 Å². The molecule has 20 heavy (non-hydrogen) atoms. The molecule has 2 atom stereocenters. The Bertz CT molecular complexity index is 253. The lowest BCUT2D eigenvalue weighted by Gasteiger charge is -2.42. The summed E-state index contributed by atoms with van der Waals surface area (Å²) in [6, 6.07) is 0. The van der Waals surface area contributed by atoms with Gasteiger partial charge in [-0.3, -0.25) is 0 Å². The van der Waals surface area contributed by atoms with Crippen molar-refractivity contribution in [2.24, 2.45) is 11.3 Å². The van der Waals surface area contributed by atoms with Gasteiger partial charge in [-0.1, -0.05) is 27.7 Å². The van der Waals surface area contributed by atoms with Gasteiger partial charge in [0.05, 0.1) is 6.10 Å². The number of methoxy groups -OCH3 is 1. The Morgan fingerprint density at radius 3 is 2.50 bits per heavy atom. The van der Waals surface area contributed by atoms with Crippen LogP contribution >= 0.6 is 0 Å². The highest BCUT2D eigenvalue weighted by atomic mass is 16.5. The van der Waals surface area contributed by atoms with Crippen molar-refractivity contribution in [3.63, 3.8) is 0 Å². The molecule has 0 radical (unpaired) electrons. The van der Waals surface area contributed by atoms with E-state index in [1.807, 2.05) is 7.11 Å². The summed E-state index contributed by atoms with van der Waals surface area (Å²) in [6.45, 7) is 15.1. The van der Waals surface area contributed by atoms with Crippen molar-refractivity contribution in [3.8, 4) is 0 Å². The Kier molecular flexibility index (Phi) is 8.08. The first kappa shape index (κ1) is 17.9. The number of hydrogen-bond donors (Lipinski definition) is 1. The molecule has 1 rings (SSSR count). The number of nitrogens with one attached hydrogen (secondary N) is 1. The highest BCUT2D eigenvalue weighted by Gasteiger charge is 2.32. The monoisotopic (exact) mass is 284 g/mol. The molecule has 1 aliphatic heterocycles. The van der Waals surface area contributed by atoms with Gasteiger partial charge < -0.3 is 15.0 Å². The average Bonchev–Trinajstić information content (AvgIpc) is 2.48. The van der Waals surface area contributed by atoms with E-state index < -0.39 is 0 Å². The molecule has 1 fully saturated rings. The van der Waals surface area contributed by atoms with Crippen LogP contribution in [0.15, 0.2) is 0 Å². The van der Waals surface area contributed by atoms with Crippen LogP contribution in [0.3, 0.4) is 0 Å². The number of piperidine rings is 1. The van der Waals surface area contributed by atoms with Gasteiger partial charge in [0.25, 0.3) is 0 Å². The number of ether oxygens (including phenoxy) is 1. The standard InChI is InChI=1S/C17H36N2O/c1-6-10-18-13-17(7-2,8-3)14-19-11-9-15(4)16(12-19)20-5/h15-16,18H,6-14H2,1-5H3. The van der Waals surface area contributed by atoms with E-state index in [4.69, 9.17) is 4.74 Å². The molecule has 120 valence electrons. The SMILES string of the molecule is CCCNCC(CC)(CC)CN1CCC(C)C(OC)C1. The molecule has 1 heterocycles. The molecule has 0 aromatic rings. The molecule has 1 aliphatic rings. The molecule has 0 amide bonds. The van der Waals surface area contributed by atoms with Crippen LogP contribution in [0.4, 0.5) is 0 Å². The average molecular weight is 284 g/mol. The van der Waals surface area contributed by atoms with Crippen LogP contribution < -0.4 is 5.32 Å². The third-order valence-electron chi connectivity index (χ3n) is 5.26. The lowest BCUT2D eigenvalue weighted by Crippen LogP contribution is -2.50. The van der Waals surface area contributed by atoms with E-state index in [1.165, 1.54) is 38.8 Å². The summed E-state index contributed by atoms with van der Waals surface area (Å²) in [6.07, 6.45) is 5.41. The van der Waals surface area contributed by atoms with Crippen molar-refractivity contribution < 1.29 is 4.74 Å². The predicted molar refractivity (Wildman–Crippen MR) is 87.2 cm³/mol. The molecule has 1 saturated heterocycles. The first-order chi connectivity index (χ1) is 9.60. The molecule has 2 unspecified atom stereocenters. The summed E-state index contributed by atoms with van der Waals surface area (Å²) < 4.78 is 5.66. The first-order valence-electron chi connectivity index (χ1n) is 8.56. The molecular formula is C17H36N2O. The van der Waals surface area contributed by atoms with E-state index >= 15 is 0 Å². The van der Waals surface area contributed by atoms with Crippen LogP contribution in [-0.2, 0) is 4.74 Å². The maximum atomic E-state index is 5.66. The normalized spacial score (nSPS) is 25.1. The second kappa shape index (κ2) is 9.01. The first-order valence-corrected chi connectivity index (χ1v) is 8.56. The van der Waals surface area contributed by atoms with Crippen LogP contribution in [-0.4, -0.2) is 50.8 Å². The Balaban J connectivity index is 2.56. The van der Waals surface area contributed by atoms with Crippen molar-refractivity contribution >= 4 is 0 Å². The zero-order valence-electron chi connectivity index (χ0n) is 14.4. The van der Waals surface area contributed by atoms with Crippen LogP contribution in [0.1, 0.15) is 53.4 Å². The molecule has 0 aromatic heterocycles. The van der Waals surface area contributed by atoms with E-state index in [0.717, 1.165) is 19.6 Å². The minimum Gasteiger partial charge on any atom is -0.380 e. The third kappa shape index (κ3) is 5.01. The Morgan fingerprint density at radius 2 is 1.95 bits per heavy atom. The Morgan fingerprint density at radius 1 is 1.25 bits per heavy atom. The quantitative estimate of drug-likeness (QED) is 0.658. The zero-order valence-corrected chi connectivity index (χ0v) is 14.4. The number of hydrogen-bond acceptors (Lipinski definition) is 3. The summed E-state index contributed by atoms with van der Waals surface area (Å²) in [5.41, 5.74) is 0.425. The second-order valence-electron chi connectivity index (χ2n) is 6.66. The Labute approximate surface area is 126 Å². The smallest absolute Gasteiger partial charge is 0.0724 e. The summed E-state index contributed by atoms with van der Waals surface area (Å²) >= 11 is 0. The maximum Gasteiger partial charge on any atom is 0.0724 e. The van der Waals surface area contributed by atoms with E-state index in [-0.39, 0.29) is 0 Å². The van der Waals surface area contributed by atoms with E-state index in [2.05, 4.69) is 37.9 Å². The maximum absolute atomic E-state index is 5.66. The lowest BCUT2D eigenvalue weighted by molar-refractivity contribution is -0.0192. The second-order valence-corrected chi connectivity index (χ2v) is 6.66. The topological polar surface area (TPSA) is 24.5 Å². The molecule has 0 aliphatic carbocycles. The fourth-order valence-corrected chi connectivity index (χ4v) is 3.33. The van der Waals surface area contributed by atoms with Crippen LogP contribution in [0.5, 0.6) is 0 Å². The van der Waals surface area contributed by atoms with Crippen molar-refractivity contribution in [2.75, 3.05) is 39.8 Å². The number of rotatable bonds is 9. The van der Waals surface area contributed by atoms with Gasteiger partial charge in [0.15, 0.2) is 0 Å². The number of nitrogens with zero attached hydrogens (tertiary/aromatic N) is 1. The van der Waals surface area contributed by atoms with Gasteiger partial charge in [-0.15, -0.1) is 0 Å². The molecule has 1 N–H and O–H groups in total. The Hall–Kier alpha value is -0.120. The summed E-state index contributed by atoms with van der Waals surface area (Å²) in [5.74, 6) is 0.701. The molecular weight excluding hydrogens is 248 g/mol. The largest absolute Gasteiger partial charge is 0.380 e. The van der Waals surface area contributed by atoms with Crippen LogP contribution in [0, 0.1) is 11.3 Å². The van der Waals surface area contributed by atoms with Gasteiger partial charge in [0.1, 0.15) is 0 Å². The van der Waals surface area contributed by atoms with Gasteiger partial charge in [-0.05, 0) is 50.1 Å². The van der Waals surface area contributed by atoms with E-state index in [9.17, 15) is 0 Å². The van der Waals surface area contributed by atoms with E-state index in [1.54, 1.807) is 0 Å².